The van der Waals surface area contributed by atoms with Crippen LogP contribution in [0, 0.1) is 0 Å². The number of hydrogen-bond acceptors (Lipinski definition) is 1. The molecule has 0 aromatic heterocycles. The van der Waals surface area contributed by atoms with E-state index in [1.54, 1.807) is 0 Å². The molecule has 16 heavy (non-hydrogen) atoms. The molecule has 0 spiro atoms. The molecule has 0 bridgehead atoms. The molecule has 0 amide bonds. The van der Waals surface area contributed by atoms with Crippen molar-refractivity contribution < 1.29 is 0 Å². The zero-order chi connectivity index (χ0) is 12.3. The summed E-state index contributed by atoms with van der Waals surface area (Å²) in [5, 5.41) is 3.45. The maximum absolute atomic E-state index is 4.06. The zero-order valence-corrected chi connectivity index (χ0v) is 10.7. The Morgan fingerprint density at radius 3 is 2.19 bits per heavy atom. The molecule has 1 nitrogen and oxygen atoms in total. The van der Waals surface area contributed by atoms with Gasteiger partial charge in [0.05, 0.1) is 0 Å². The number of anilines is 1. The molecular weight excluding hydrogens is 194 g/mol. The van der Waals surface area contributed by atoms with Crippen LogP contribution in [0.2, 0.25) is 0 Å². The molecule has 0 aliphatic rings. The first-order valence-corrected chi connectivity index (χ1v) is 5.64. The SMILES string of the molecule is C=C(C)c1cccc(NC(C)C)c1C(=C)C. The van der Waals surface area contributed by atoms with Crippen molar-refractivity contribution in [1.82, 2.24) is 0 Å². The average molecular weight is 215 g/mol. The van der Waals surface area contributed by atoms with Gasteiger partial charge in [0.1, 0.15) is 0 Å². The van der Waals surface area contributed by atoms with Gasteiger partial charge in [0, 0.05) is 17.3 Å². The molecular formula is C15H21N. The first kappa shape index (κ1) is 12.6. The molecule has 0 saturated heterocycles. The molecule has 0 aliphatic heterocycles. The van der Waals surface area contributed by atoms with Crippen LogP contribution in [0.25, 0.3) is 11.1 Å². The highest BCUT2D eigenvalue weighted by Crippen LogP contribution is 2.30. The summed E-state index contributed by atoms with van der Waals surface area (Å²) in [4.78, 5) is 0. The van der Waals surface area contributed by atoms with Crippen molar-refractivity contribution in [3.8, 4) is 0 Å². The topological polar surface area (TPSA) is 12.0 Å². The van der Waals surface area contributed by atoms with Crippen LogP contribution >= 0.6 is 0 Å². The van der Waals surface area contributed by atoms with Gasteiger partial charge in [0.15, 0.2) is 0 Å². The van der Waals surface area contributed by atoms with Crippen LogP contribution in [0.4, 0.5) is 5.69 Å². The van der Waals surface area contributed by atoms with Crippen molar-refractivity contribution in [3.05, 3.63) is 42.5 Å². The number of hydrogen-bond donors (Lipinski definition) is 1. The van der Waals surface area contributed by atoms with Gasteiger partial charge >= 0.3 is 0 Å². The van der Waals surface area contributed by atoms with E-state index in [4.69, 9.17) is 0 Å². The highest BCUT2D eigenvalue weighted by atomic mass is 14.9. The van der Waals surface area contributed by atoms with Gasteiger partial charge in [-0.3, -0.25) is 0 Å². The summed E-state index contributed by atoms with van der Waals surface area (Å²) in [6.07, 6.45) is 0. The third kappa shape index (κ3) is 2.75. The molecule has 0 unspecified atom stereocenters. The molecule has 0 radical (unpaired) electrons. The molecule has 1 rings (SSSR count). The summed E-state index contributed by atoms with van der Waals surface area (Å²) >= 11 is 0. The number of allylic oxidation sites excluding steroid dienone is 2. The molecule has 0 atom stereocenters. The lowest BCUT2D eigenvalue weighted by molar-refractivity contribution is 0.898. The zero-order valence-electron chi connectivity index (χ0n) is 10.7. The summed E-state index contributed by atoms with van der Waals surface area (Å²) < 4.78 is 0. The van der Waals surface area contributed by atoms with Crippen LogP contribution in [-0.4, -0.2) is 6.04 Å². The van der Waals surface area contributed by atoms with Gasteiger partial charge in [-0.15, -0.1) is 0 Å². The van der Waals surface area contributed by atoms with Crippen LogP contribution in [0.1, 0.15) is 38.8 Å². The van der Waals surface area contributed by atoms with Crippen LogP contribution in [0.3, 0.4) is 0 Å². The Morgan fingerprint density at radius 1 is 1.12 bits per heavy atom. The van der Waals surface area contributed by atoms with Crippen molar-refractivity contribution in [2.75, 3.05) is 5.32 Å². The summed E-state index contributed by atoms with van der Waals surface area (Å²) in [6, 6.07) is 6.66. The predicted molar refractivity (Wildman–Crippen MR) is 74.6 cm³/mol. The Labute approximate surface area is 98.9 Å². The normalized spacial score (nSPS) is 10.3. The van der Waals surface area contributed by atoms with Crippen LogP contribution < -0.4 is 5.32 Å². The van der Waals surface area contributed by atoms with Gasteiger partial charge in [-0.1, -0.05) is 30.9 Å². The van der Waals surface area contributed by atoms with Gasteiger partial charge in [-0.2, -0.15) is 0 Å². The fraction of sp³-hybridized carbons (Fsp3) is 0.333. The van der Waals surface area contributed by atoms with Crippen molar-refractivity contribution in [2.45, 2.75) is 33.7 Å². The van der Waals surface area contributed by atoms with E-state index >= 15 is 0 Å². The standard InChI is InChI=1S/C15H21N/c1-10(2)13-8-7-9-14(16-12(5)6)15(13)11(3)4/h7-9,12,16H,1,3H2,2,4-6H3. The maximum atomic E-state index is 4.06. The Hall–Kier alpha value is -1.50. The molecule has 1 aromatic rings. The Balaban J connectivity index is 3.32. The summed E-state index contributed by atoms with van der Waals surface area (Å²) in [7, 11) is 0. The smallest absolute Gasteiger partial charge is 0.0424 e. The molecule has 0 fully saturated rings. The molecule has 0 heterocycles. The maximum Gasteiger partial charge on any atom is 0.0424 e. The Kier molecular flexibility index (Phi) is 3.94. The number of nitrogens with one attached hydrogen (secondary N) is 1. The fourth-order valence-electron chi connectivity index (χ4n) is 1.80. The molecule has 1 aromatic carbocycles. The van der Waals surface area contributed by atoms with E-state index < -0.39 is 0 Å². The van der Waals surface area contributed by atoms with Crippen molar-refractivity contribution in [2.24, 2.45) is 0 Å². The van der Waals surface area contributed by atoms with E-state index in [-0.39, 0.29) is 0 Å². The fourth-order valence-corrected chi connectivity index (χ4v) is 1.80. The lowest BCUT2D eigenvalue weighted by Crippen LogP contribution is -2.11. The van der Waals surface area contributed by atoms with E-state index in [1.165, 1.54) is 11.1 Å². The van der Waals surface area contributed by atoms with E-state index in [2.05, 4.69) is 50.5 Å². The van der Waals surface area contributed by atoms with Crippen molar-refractivity contribution in [1.29, 1.82) is 0 Å². The van der Waals surface area contributed by atoms with Crippen molar-refractivity contribution in [3.63, 3.8) is 0 Å². The number of benzene rings is 1. The minimum Gasteiger partial charge on any atom is -0.382 e. The first-order valence-electron chi connectivity index (χ1n) is 5.64. The second kappa shape index (κ2) is 5.02. The van der Waals surface area contributed by atoms with E-state index in [9.17, 15) is 0 Å². The lowest BCUT2D eigenvalue weighted by Gasteiger charge is -2.18. The van der Waals surface area contributed by atoms with Gasteiger partial charge in [-0.05, 0) is 44.9 Å². The predicted octanol–water partition coefficient (Wildman–Crippen LogP) is 4.57. The first-order chi connectivity index (χ1) is 7.43. The van der Waals surface area contributed by atoms with Gasteiger partial charge in [-0.25, -0.2) is 0 Å². The molecule has 1 N–H and O–H groups in total. The highest BCUT2D eigenvalue weighted by molar-refractivity contribution is 5.84. The monoisotopic (exact) mass is 215 g/mol. The third-order valence-electron chi connectivity index (χ3n) is 2.40. The van der Waals surface area contributed by atoms with Gasteiger partial charge in [0.2, 0.25) is 0 Å². The minimum atomic E-state index is 0.415. The highest BCUT2D eigenvalue weighted by Gasteiger charge is 2.10. The lowest BCUT2D eigenvalue weighted by atomic mass is 9.95. The van der Waals surface area contributed by atoms with Crippen LogP contribution in [0.15, 0.2) is 31.4 Å². The van der Waals surface area contributed by atoms with E-state index in [1.807, 2.05) is 13.8 Å². The summed E-state index contributed by atoms with van der Waals surface area (Å²) in [5.41, 5.74) is 5.65. The van der Waals surface area contributed by atoms with Gasteiger partial charge in [0.25, 0.3) is 0 Å². The molecule has 86 valence electrons. The quantitative estimate of drug-likeness (QED) is 0.775. The Bertz CT molecular complexity index is 413. The largest absolute Gasteiger partial charge is 0.382 e. The van der Waals surface area contributed by atoms with Crippen LogP contribution in [0.5, 0.6) is 0 Å². The average Bonchev–Trinajstić information content (AvgIpc) is 2.15. The molecule has 0 aliphatic carbocycles. The summed E-state index contributed by atoms with van der Waals surface area (Å²) in [5.74, 6) is 0. The second-order valence-electron chi connectivity index (χ2n) is 4.59. The van der Waals surface area contributed by atoms with Crippen LogP contribution in [-0.2, 0) is 0 Å². The second-order valence-corrected chi connectivity index (χ2v) is 4.59. The Morgan fingerprint density at radius 2 is 1.75 bits per heavy atom. The van der Waals surface area contributed by atoms with Crippen molar-refractivity contribution >= 4 is 16.8 Å². The minimum absolute atomic E-state index is 0.415. The number of rotatable bonds is 4. The molecule has 0 saturated carbocycles. The van der Waals surface area contributed by atoms with E-state index in [0.29, 0.717) is 6.04 Å². The van der Waals surface area contributed by atoms with Gasteiger partial charge < -0.3 is 5.32 Å². The third-order valence-corrected chi connectivity index (χ3v) is 2.40. The van der Waals surface area contributed by atoms with E-state index in [0.717, 1.165) is 16.8 Å². The molecule has 1 heteroatoms. The summed E-state index contributed by atoms with van der Waals surface area (Å²) in [6.45, 7) is 16.4.